The van der Waals surface area contributed by atoms with Crippen molar-refractivity contribution in [1.29, 1.82) is 0 Å². The molecule has 3 heteroatoms. The molecule has 1 rings (SSSR count). The highest BCUT2D eigenvalue weighted by Gasteiger charge is 2.33. The molecular weight excluding hydrogens is 240 g/mol. The second-order valence-corrected chi connectivity index (χ2v) is 9.90. The normalized spacial score (nSPS) is 17.2. The maximum Gasteiger partial charge on any atom is 0.250 e. The van der Waals surface area contributed by atoms with Crippen molar-refractivity contribution >= 4 is 8.32 Å². The topological polar surface area (TPSA) is 18.5 Å². The van der Waals surface area contributed by atoms with Crippen LogP contribution in [0.15, 0.2) is 22.7 Å². The van der Waals surface area contributed by atoms with E-state index in [9.17, 15) is 0 Å². The molecule has 0 N–H and O–H groups in total. The van der Waals surface area contributed by atoms with Crippen LogP contribution < -0.4 is 0 Å². The first-order valence-electron chi connectivity index (χ1n) is 7.16. The van der Waals surface area contributed by atoms with Gasteiger partial charge in [-0.25, -0.2) is 0 Å². The van der Waals surface area contributed by atoms with Gasteiger partial charge in [-0.05, 0) is 44.0 Å². The van der Waals surface area contributed by atoms with E-state index in [1.54, 1.807) is 7.11 Å². The molecule has 0 aromatic carbocycles. The number of ether oxygens (including phenoxy) is 1. The molecule has 0 radical (unpaired) electrons. The molecule has 0 aromatic heterocycles. The van der Waals surface area contributed by atoms with Gasteiger partial charge < -0.3 is 9.16 Å². The van der Waals surface area contributed by atoms with Crippen LogP contribution in [0.4, 0.5) is 0 Å². The summed E-state index contributed by atoms with van der Waals surface area (Å²) < 4.78 is 12.0. The molecule has 0 atom stereocenters. The molecule has 104 valence electrons. The van der Waals surface area contributed by atoms with E-state index in [4.69, 9.17) is 9.16 Å². The van der Waals surface area contributed by atoms with Crippen molar-refractivity contribution < 1.29 is 9.16 Å². The van der Waals surface area contributed by atoms with Crippen LogP contribution in [0.5, 0.6) is 0 Å². The van der Waals surface area contributed by atoms with Crippen LogP contribution in [0, 0.1) is 0 Å². The minimum Gasteiger partial charge on any atom is -0.543 e. The Hall–Kier alpha value is -0.703. The predicted molar refractivity (Wildman–Crippen MR) is 79.9 cm³/mol. The summed E-state index contributed by atoms with van der Waals surface area (Å²) in [6.45, 7) is 11.2. The van der Waals surface area contributed by atoms with Crippen LogP contribution in [0.3, 0.4) is 0 Å². The molecule has 0 spiro atoms. The van der Waals surface area contributed by atoms with Crippen LogP contribution in [0.1, 0.15) is 47.5 Å². The molecule has 0 saturated carbocycles. The highest BCUT2D eigenvalue weighted by molar-refractivity contribution is 6.73. The van der Waals surface area contributed by atoms with Crippen molar-refractivity contribution in [1.82, 2.24) is 0 Å². The van der Waals surface area contributed by atoms with Gasteiger partial charge in [0.05, 0.1) is 7.11 Å². The maximum atomic E-state index is 6.56. The quantitative estimate of drug-likeness (QED) is 0.631. The van der Waals surface area contributed by atoms with Crippen LogP contribution in [0.2, 0.25) is 18.1 Å². The fourth-order valence-electron chi connectivity index (χ4n) is 2.65. The fraction of sp³-hybridized carbons (Fsp3) is 0.733. The lowest BCUT2D eigenvalue weighted by atomic mass is 9.98. The lowest BCUT2D eigenvalue weighted by molar-refractivity contribution is 0.262. The zero-order valence-electron chi connectivity index (χ0n) is 12.9. The van der Waals surface area contributed by atoms with Gasteiger partial charge in [0.25, 0.3) is 0 Å². The molecule has 0 saturated heterocycles. The Morgan fingerprint density at radius 2 is 1.56 bits per heavy atom. The molecule has 0 unspecified atom stereocenters. The molecule has 2 nitrogen and oxygen atoms in total. The zero-order valence-corrected chi connectivity index (χ0v) is 13.9. The van der Waals surface area contributed by atoms with Gasteiger partial charge in [-0.2, -0.15) is 0 Å². The predicted octanol–water partition coefficient (Wildman–Crippen LogP) is 5.00. The van der Waals surface area contributed by atoms with Crippen LogP contribution in [-0.2, 0) is 9.16 Å². The summed E-state index contributed by atoms with van der Waals surface area (Å²) in [4.78, 5) is 0. The third kappa shape index (κ3) is 3.00. The van der Waals surface area contributed by atoms with Gasteiger partial charge in [0, 0.05) is 12.0 Å². The van der Waals surface area contributed by atoms with E-state index in [0.29, 0.717) is 0 Å². The Morgan fingerprint density at radius 3 is 2.00 bits per heavy atom. The number of allylic oxidation sites excluding steroid dienone is 3. The van der Waals surface area contributed by atoms with Gasteiger partial charge in [-0.3, -0.25) is 0 Å². The minimum absolute atomic E-state index is 1.01. The van der Waals surface area contributed by atoms with Gasteiger partial charge in [0.1, 0.15) is 11.5 Å². The number of hydrogen-bond acceptors (Lipinski definition) is 2. The van der Waals surface area contributed by atoms with Crippen molar-refractivity contribution in [2.75, 3.05) is 7.11 Å². The zero-order chi connectivity index (χ0) is 13.8. The molecular formula is C15H28O2Si. The van der Waals surface area contributed by atoms with E-state index in [-0.39, 0.29) is 0 Å². The maximum absolute atomic E-state index is 6.56. The third-order valence-corrected chi connectivity index (χ3v) is 8.87. The van der Waals surface area contributed by atoms with E-state index in [1.807, 2.05) is 0 Å². The van der Waals surface area contributed by atoms with Gasteiger partial charge in [-0.1, -0.05) is 20.8 Å². The Balaban J connectivity index is 3.04. The Morgan fingerprint density at radius 1 is 1.00 bits per heavy atom. The lowest BCUT2D eigenvalue weighted by Gasteiger charge is -2.33. The van der Waals surface area contributed by atoms with Gasteiger partial charge >= 0.3 is 0 Å². The fourth-order valence-corrected chi connectivity index (χ4v) is 5.34. The highest BCUT2D eigenvalue weighted by atomic mass is 28.4. The average molecular weight is 268 g/mol. The van der Waals surface area contributed by atoms with Crippen LogP contribution in [0.25, 0.3) is 0 Å². The SMILES string of the molecule is CC[Si](CC)(CC)OC1=C(C)CCC(OC)=C1C. The van der Waals surface area contributed by atoms with E-state index in [1.165, 1.54) is 29.3 Å². The first kappa shape index (κ1) is 15.4. The standard InChI is InChI=1S/C15H28O2Si/c1-7-18(8-2,9-3)17-15-12(4)10-11-14(16-6)13(15)5/h7-11H2,1-6H3. The number of methoxy groups -OCH3 is 1. The van der Waals surface area contributed by atoms with Crippen molar-refractivity contribution in [2.45, 2.75) is 65.6 Å². The van der Waals surface area contributed by atoms with Gasteiger partial charge in [0.15, 0.2) is 0 Å². The molecule has 1 aliphatic rings. The second kappa shape index (κ2) is 6.46. The van der Waals surface area contributed by atoms with Crippen molar-refractivity contribution in [3.8, 4) is 0 Å². The lowest BCUT2D eigenvalue weighted by Crippen LogP contribution is -2.36. The van der Waals surface area contributed by atoms with E-state index in [0.717, 1.165) is 24.4 Å². The summed E-state index contributed by atoms with van der Waals surface area (Å²) in [7, 11) is 0.187. The number of rotatable bonds is 6. The highest BCUT2D eigenvalue weighted by Crippen LogP contribution is 2.35. The molecule has 18 heavy (non-hydrogen) atoms. The molecule has 0 aliphatic heterocycles. The average Bonchev–Trinajstić information content (AvgIpc) is 2.40. The first-order chi connectivity index (χ1) is 8.53. The molecule has 0 heterocycles. The molecule has 0 bridgehead atoms. The van der Waals surface area contributed by atoms with Crippen molar-refractivity contribution in [3.63, 3.8) is 0 Å². The summed E-state index contributed by atoms with van der Waals surface area (Å²) in [6, 6.07) is 3.56. The molecule has 0 fully saturated rings. The summed E-state index contributed by atoms with van der Waals surface area (Å²) in [5, 5.41) is 0. The van der Waals surface area contributed by atoms with E-state index >= 15 is 0 Å². The Labute approximate surface area is 113 Å². The van der Waals surface area contributed by atoms with Crippen molar-refractivity contribution in [2.24, 2.45) is 0 Å². The van der Waals surface area contributed by atoms with Crippen molar-refractivity contribution in [3.05, 3.63) is 22.7 Å². The summed E-state index contributed by atoms with van der Waals surface area (Å²) >= 11 is 0. The minimum atomic E-state index is -1.58. The molecule has 0 amide bonds. The van der Waals surface area contributed by atoms with E-state index in [2.05, 4.69) is 34.6 Å². The largest absolute Gasteiger partial charge is 0.543 e. The summed E-state index contributed by atoms with van der Waals surface area (Å²) in [5.41, 5.74) is 2.61. The van der Waals surface area contributed by atoms with Crippen LogP contribution >= 0.6 is 0 Å². The van der Waals surface area contributed by atoms with Crippen LogP contribution in [-0.4, -0.2) is 15.4 Å². The molecule has 1 aliphatic carbocycles. The van der Waals surface area contributed by atoms with Gasteiger partial charge in [-0.15, -0.1) is 0 Å². The summed E-state index contributed by atoms with van der Waals surface area (Å²) in [6.07, 6.45) is 2.08. The summed E-state index contributed by atoms with van der Waals surface area (Å²) in [5.74, 6) is 2.23. The Bertz CT molecular complexity index is 343. The monoisotopic (exact) mass is 268 g/mol. The second-order valence-electron chi connectivity index (χ2n) is 5.21. The molecule has 0 aromatic rings. The van der Waals surface area contributed by atoms with Gasteiger partial charge in [0.2, 0.25) is 8.32 Å². The first-order valence-corrected chi connectivity index (χ1v) is 9.69. The van der Waals surface area contributed by atoms with E-state index < -0.39 is 8.32 Å². The Kier molecular flexibility index (Phi) is 5.51. The smallest absolute Gasteiger partial charge is 0.250 e. The third-order valence-electron chi connectivity index (χ3n) is 4.37. The number of hydrogen-bond donors (Lipinski definition) is 0.